The molecule has 0 aromatic carbocycles. The maximum atomic E-state index is 10.8. The largest absolute Gasteiger partial charge is 0.365 e. The number of ketones is 1. The maximum Gasteiger partial charge on any atom is 0.163 e. The lowest BCUT2D eigenvalue weighted by Gasteiger charge is -1.91. The Morgan fingerprint density at radius 3 is 2.89 bits per heavy atom. The highest BCUT2D eigenvalue weighted by Crippen LogP contribution is 2.13. The average molecular weight is 128 g/mol. The van der Waals surface area contributed by atoms with E-state index < -0.39 is 0 Å². The van der Waals surface area contributed by atoms with E-state index in [1.54, 1.807) is 0 Å². The molecule has 0 radical (unpaired) electrons. The van der Waals surface area contributed by atoms with Crippen molar-refractivity contribution in [3.05, 3.63) is 0 Å². The number of unbranched alkanes of at least 4 members (excludes halogenated alkanes) is 1. The van der Waals surface area contributed by atoms with Gasteiger partial charge in [-0.05, 0) is 6.42 Å². The first-order valence-electron chi connectivity index (χ1n) is 3.49. The SMILES string of the molecule is CCCCC(=O)C1CO1. The maximum absolute atomic E-state index is 10.8. The summed E-state index contributed by atoms with van der Waals surface area (Å²) < 4.78 is 4.82. The van der Waals surface area contributed by atoms with Gasteiger partial charge in [-0.25, -0.2) is 0 Å². The molecule has 2 nitrogen and oxygen atoms in total. The van der Waals surface area contributed by atoms with E-state index in [-0.39, 0.29) is 11.9 Å². The Labute approximate surface area is 55.2 Å². The molecule has 0 aromatic rings. The van der Waals surface area contributed by atoms with Crippen LogP contribution >= 0.6 is 0 Å². The quantitative estimate of drug-likeness (QED) is 0.531. The monoisotopic (exact) mass is 128 g/mol. The minimum atomic E-state index is -0.0171. The second kappa shape index (κ2) is 2.97. The van der Waals surface area contributed by atoms with Crippen LogP contribution in [0.25, 0.3) is 0 Å². The van der Waals surface area contributed by atoms with Crippen molar-refractivity contribution in [2.75, 3.05) is 6.61 Å². The highest BCUT2D eigenvalue weighted by molar-refractivity contribution is 5.84. The molecule has 0 aliphatic carbocycles. The van der Waals surface area contributed by atoms with E-state index in [4.69, 9.17) is 4.74 Å². The van der Waals surface area contributed by atoms with Crippen LogP contribution in [0.1, 0.15) is 26.2 Å². The van der Waals surface area contributed by atoms with Crippen LogP contribution in [0.3, 0.4) is 0 Å². The van der Waals surface area contributed by atoms with Crippen LogP contribution in [-0.4, -0.2) is 18.5 Å². The number of Topliss-reactive ketones (excluding diaryl/α,β-unsaturated/α-hetero) is 1. The summed E-state index contributed by atoms with van der Waals surface area (Å²) in [6, 6.07) is 0. The molecule has 0 aromatic heterocycles. The lowest BCUT2D eigenvalue weighted by atomic mass is 10.1. The van der Waals surface area contributed by atoms with Crippen LogP contribution in [0.15, 0.2) is 0 Å². The Hall–Kier alpha value is -0.370. The van der Waals surface area contributed by atoms with Gasteiger partial charge in [0, 0.05) is 6.42 Å². The first kappa shape index (κ1) is 6.75. The van der Waals surface area contributed by atoms with Gasteiger partial charge in [0.25, 0.3) is 0 Å². The predicted octanol–water partition coefficient (Wildman–Crippen LogP) is 1.14. The number of carbonyl (C=O) groups excluding carboxylic acids is 1. The summed E-state index contributed by atoms with van der Waals surface area (Å²) in [7, 11) is 0. The van der Waals surface area contributed by atoms with Crippen LogP contribution in [0, 0.1) is 0 Å². The summed E-state index contributed by atoms with van der Waals surface area (Å²) in [4.78, 5) is 10.8. The van der Waals surface area contributed by atoms with Gasteiger partial charge in [0.05, 0.1) is 6.61 Å². The van der Waals surface area contributed by atoms with Crippen molar-refractivity contribution in [3.63, 3.8) is 0 Å². The zero-order valence-corrected chi connectivity index (χ0v) is 5.72. The number of hydrogen-bond acceptors (Lipinski definition) is 2. The Kier molecular flexibility index (Phi) is 2.22. The topological polar surface area (TPSA) is 29.6 Å². The molecule has 1 aliphatic heterocycles. The molecule has 0 bridgehead atoms. The van der Waals surface area contributed by atoms with E-state index in [1.807, 2.05) is 0 Å². The Bertz CT molecular complexity index is 105. The highest BCUT2D eigenvalue weighted by Gasteiger charge is 2.29. The molecule has 0 spiro atoms. The lowest BCUT2D eigenvalue weighted by molar-refractivity contribution is -0.120. The number of rotatable bonds is 4. The summed E-state index contributed by atoms with van der Waals surface area (Å²) in [6.07, 6.45) is 2.80. The average Bonchev–Trinajstić information content (AvgIpc) is 2.63. The Morgan fingerprint density at radius 2 is 2.44 bits per heavy atom. The molecular formula is C7H12O2. The van der Waals surface area contributed by atoms with Crippen LogP contribution in [0.2, 0.25) is 0 Å². The second-order valence-electron chi connectivity index (χ2n) is 2.39. The summed E-state index contributed by atoms with van der Waals surface area (Å²) >= 11 is 0. The van der Waals surface area contributed by atoms with Crippen molar-refractivity contribution in [2.24, 2.45) is 0 Å². The molecule has 52 valence electrons. The van der Waals surface area contributed by atoms with Gasteiger partial charge in [-0.2, -0.15) is 0 Å². The molecule has 1 saturated heterocycles. The number of epoxide rings is 1. The standard InChI is InChI=1S/C7H12O2/c1-2-3-4-6(8)7-5-9-7/h7H,2-5H2,1H3. The summed E-state index contributed by atoms with van der Waals surface area (Å²) in [5, 5.41) is 0. The molecule has 0 N–H and O–H groups in total. The van der Waals surface area contributed by atoms with Gasteiger partial charge in [0.15, 0.2) is 5.78 Å². The van der Waals surface area contributed by atoms with Gasteiger partial charge in [-0.1, -0.05) is 13.3 Å². The third kappa shape index (κ3) is 2.14. The van der Waals surface area contributed by atoms with E-state index in [2.05, 4.69) is 6.92 Å². The third-order valence-corrected chi connectivity index (χ3v) is 1.47. The zero-order valence-electron chi connectivity index (χ0n) is 5.72. The fourth-order valence-corrected chi connectivity index (χ4v) is 0.746. The molecule has 1 heterocycles. The minimum absolute atomic E-state index is 0.0171. The molecule has 1 atom stereocenters. The molecule has 1 aliphatic rings. The molecule has 1 unspecified atom stereocenters. The van der Waals surface area contributed by atoms with Crippen molar-refractivity contribution >= 4 is 5.78 Å². The molecule has 0 amide bonds. The van der Waals surface area contributed by atoms with E-state index in [1.165, 1.54) is 0 Å². The number of ether oxygens (including phenoxy) is 1. The second-order valence-corrected chi connectivity index (χ2v) is 2.39. The smallest absolute Gasteiger partial charge is 0.163 e. The zero-order chi connectivity index (χ0) is 6.69. The number of carbonyl (C=O) groups is 1. The third-order valence-electron chi connectivity index (χ3n) is 1.47. The fraction of sp³-hybridized carbons (Fsp3) is 0.857. The minimum Gasteiger partial charge on any atom is -0.365 e. The van der Waals surface area contributed by atoms with Crippen molar-refractivity contribution in [1.29, 1.82) is 0 Å². The van der Waals surface area contributed by atoms with Gasteiger partial charge in [-0.3, -0.25) is 4.79 Å². The van der Waals surface area contributed by atoms with E-state index in [0.717, 1.165) is 12.8 Å². The highest BCUT2D eigenvalue weighted by atomic mass is 16.6. The Balaban J connectivity index is 2.03. The first-order chi connectivity index (χ1) is 4.34. The lowest BCUT2D eigenvalue weighted by Crippen LogP contribution is -2.05. The van der Waals surface area contributed by atoms with Gasteiger partial charge in [-0.15, -0.1) is 0 Å². The van der Waals surface area contributed by atoms with Gasteiger partial charge < -0.3 is 4.74 Å². The molecule has 9 heavy (non-hydrogen) atoms. The van der Waals surface area contributed by atoms with Crippen molar-refractivity contribution in [3.8, 4) is 0 Å². The molecule has 2 heteroatoms. The van der Waals surface area contributed by atoms with E-state index in [0.29, 0.717) is 13.0 Å². The van der Waals surface area contributed by atoms with E-state index >= 15 is 0 Å². The molecule has 1 rings (SSSR count). The van der Waals surface area contributed by atoms with E-state index in [9.17, 15) is 4.79 Å². The Morgan fingerprint density at radius 1 is 1.78 bits per heavy atom. The number of hydrogen-bond donors (Lipinski definition) is 0. The normalized spacial score (nSPS) is 23.9. The van der Waals surface area contributed by atoms with Gasteiger partial charge in [0.1, 0.15) is 6.10 Å². The van der Waals surface area contributed by atoms with Crippen LogP contribution < -0.4 is 0 Å². The van der Waals surface area contributed by atoms with Crippen LogP contribution in [0.4, 0.5) is 0 Å². The molecule has 1 fully saturated rings. The molecule has 0 saturated carbocycles. The summed E-state index contributed by atoms with van der Waals surface area (Å²) in [5.74, 6) is 0.289. The van der Waals surface area contributed by atoms with Crippen molar-refractivity contribution < 1.29 is 9.53 Å². The van der Waals surface area contributed by atoms with Gasteiger partial charge >= 0.3 is 0 Å². The fourth-order valence-electron chi connectivity index (χ4n) is 0.746. The predicted molar refractivity (Wildman–Crippen MR) is 34.3 cm³/mol. The van der Waals surface area contributed by atoms with Gasteiger partial charge in [0.2, 0.25) is 0 Å². The van der Waals surface area contributed by atoms with Crippen molar-refractivity contribution in [2.45, 2.75) is 32.3 Å². The van der Waals surface area contributed by atoms with Crippen LogP contribution in [0.5, 0.6) is 0 Å². The van der Waals surface area contributed by atoms with Crippen LogP contribution in [-0.2, 0) is 9.53 Å². The summed E-state index contributed by atoms with van der Waals surface area (Å²) in [6.45, 7) is 2.75. The first-order valence-corrected chi connectivity index (χ1v) is 3.49. The molecular weight excluding hydrogens is 116 g/mol. The van der Waals surface area contributed by atoms with Crippen molar-refractivity contribution in [1.82, 2.24) is 0 Å². The summed E-state index contributed by atoms with van der Waals surface area (Å²) in [5.41, 5.74) is 0.